The lowest BCUT2D eigenvalue weighted by Crippen LogP contribution is -2.18. The molecule has 196 valence electrons. The molecule has 0 bridgehead atoms. The normalized spacial score (nSPS) is 10.9. The van der Waals surface area contributed by atoms with Gasteiger partial charge in [-0.05, 0) is 36.4 Å². The van der Waals surface area contributed by atoms with Crippen LogP contribution in [-0.2, 0) is 0 Å². The van der Waals surface area contributed by atoms with Crippen molar-refractivity contribution in [2.24, 2.45) is 5.10 Å². The zero-order valence-corrected chi connectivity index (χ0v) is 20.8. The molecule has 1 heterocycles. The minimum atomic E-state index is -0.807. The Bertz CT molecular complexity index is 1700. The van der Waals surface area contributed by atoms with Crippen molar-refractivity contribution >= 4 is 73.8 Å². The number of nitrogens with zero attached hydrogens (tertiary/aromatic N) is 4. The third-order valence-electron chi connectivity index (χ3n) is 5.23. The number of halogens is 1. The molecular formula is C23H13ClN6O8S. The minimum absolute atomic E-state index is 0.0570. The van der Waals surface area contributed by atoms with Gasteiger partial charge in [0.15, 0.2) is 0 Å². The maximum atomic E-state index is 12.7. The third kappa shape index (κ3) is 5.84. The molecule has 0 unspecified atom stereocenters. The van der Waals surface area contributed by atoms with Crippen molar-refractivity contribution < 1.29 is 24.4 Å². The first-order valence-corrected chi connectivity index (χ1v) is 11.8. The highest BCUT2D eigenvalue weighted by molar-refractivity contribution is 7.21. The average molecular weight is 569 g/mol. The van der Waals surface area contributed by atoms with E-state index in [1.54, 1.807) is 0 Å². The maximum absolute atomic E-state index is 12.7. The molecule has 1 aromatic heterocycles. The lowest BCUT2D eigenvalue weighted by molar-refractivity contribution is -0.394. The fraction of sp³-hybridized carbons (Fsp3) is 0. The molecule has 16 heteroatoms. The van der Waals surface area contributed by atoms with Crippen molar-refractivity contribution in [2.45, 2.75) is 0 Å². The number of benzene rings is 3. The summed E-state index contributed by atoms with van der Waals surface area (Å²) in [5, 5.41) is 40.0. The Balaban J connectivity index is 1.42. The van der Waals surface area contributed by atoms with Gasteiger partial charge in [-0.2, -0.15) is 5.10 Å². The van der Waals surface area contributed by atoms with E-state index in [0.717, 1.165) is 35.8 Å². The van der Waals surface area contributed by atoms with Crippen molar-refractivity contribution in [3.05, 3.63) is 112 Å². The highest BCUT2D eigenvalue weighted by atomic mass is 35.5. The second kappa shape index (κ2) is 11.0. The van der Waals surface area contributed by atoms with Crippen LogP contribution >= 0.6 is 22.9 Å². The molecule has 2 amide bonds. The van der Waals surface area contributed by atoms with Crippen LogP contribution in [0.2, 0.25) is 5.02 Å². The molecule has 0 aliphatic heterocycles. The van der Waals surface area contributed by atoms with Crippen LogP contribution in [0.1, 0.15) is 25.6 Å². The van der Waals surface area contributed by atoms with Gasteiger partial charge in [0.25, 0.3) is 28.9 Å². The van der Waals surface area contributed by atoms with Gasteiger partial charge in [0.05, 0.1) is 37.6 Å². The summed E-state index contributed by atoms with van der Waals surface area (Å²) in [5.41, 5.74) is 1.47. The van der Waals surface area contributed by atoms with Crippen LogP contribution in [0.25, 0.3) is 10.1 Å². The number of amides is 2. The first-order valence-electron chi connectivity index (χ1n) is 10.6. The monoisotopic (exact) mass is 568 g/mol. The lowest BCUT2D eigenvalue weighted by atomic mass is 10.2. The molecule has 0 fully saturated rings. The molecule has 4 rings (SSSR count). The number of thiophene rings is 1. The largest absolute Gasteiger partial charge is 0.321 e. The highest BCUT2D eigenvalue weighted by Crippen LogP contribution is 2.37. The van der Waals surface area contributed by atoms with Crippen LogP contribution < -0.4 is 10.7 Å². The van der Waals surface area contributed by atoms with Gasteiger partial charge in [0, 0.05) is 39.5 Å². The van der Waals surface area contributed by atoms with Crippen LogP contribution in [0.3, 0.4) is 0 Å². The van der Waals surface area contributed by atoms with E-state index in [9.17, 15) is 39.9 Å². The van der Waals surface area contributed by atoms with Gasteiger partial charge >= 0.3 is 0 Å². The summed E-state index contributed by atoms with van der Waals surface area (Å²) >= 11 is 7.30. The van der Waals surface area contributed by atoms with E-state index >= 15 is 0 Å². The number of nitro benzene ring substituents is 3. The van der Waals surface area contributed by atoms with Crippen LogP contribution in [-0.4, -0.2) is 32.8 Å². The number of fused-ring (bicyclic) bond motifs is 1. The summed E-state index contributed by atoms with van der Waals surface area (Å²) in [7, 11) is 0. The van der Waals surface area contributed by atoms with E-state index in [2.05, 4.69) is 15.8 Å². The van der Waals surface area contributed by atoms with Crippen LogP contribution in [0.4, 0.5) is 22.7 Å². The zero-order valence-electron chi connectivity index (χ0n) is 19.2. The topological polar surface area (TPSA) is 200 Å². The maximum Gasteiger partial charge on any atom is 0.285 e. The second-order valence-corrected chi connectivity index (χ2v) is 9.10. The van der Waals surface area contributed by atoms with Crippen LogP contribution in [0.15, 0.2) is 65.8 Å². The number of hydrogen-bond acceptors (Lipinski definition) is 10. The molecule has 14 nitrogen and oxygen atoms in total. The van der Waals surface area contributed by atoms with Gasteiger partial charge in [0.2, 0.25) is 0 Å². The molecule has 4 aromatic rings. The van der Waals surface area contributed by atoms with Gasteiger partial charge in [-0.25, -0.2) is 5.43 Å². The van der Waals surface area contributed by atoms with Crippen molar-refractivity contribution in [1.82, 2.24) is 5.43 Å². The number of anilines is 1. The van der Waals surface area contributed by atoms with Crippen molar-refractivity contribution in [1.29, 1.82) is 0 Å². The molecule has 0 radical (unpaired) electrons. The Morgan fingerprint density at radius 2 is 1.49 bits per heavy atom. The van der Waals surface area contributed by atoms with Gasteiger partial charge in [0.1, 0.15) is 4.88 Å². The summed E-state index contributed by atoms with van der Waals surface area (Å²) in [6.07, 6.45) is 0.984. The number of hydrogen-bond donors (Lipinski definition) is 2. The number of rotatable bonds is 8. The Hall–Kier alpha value is -5.28. The number of nitrogens with one attached hydrogen (secondary N) is 2. The third-order valence-corrected chi connectivity index (χ3v) is 6.88. The van der Waals surface area contributed by atoms with E-state index in [1.165, 1.54) is 42.5 Å². The average Bonchev–Trinajstić information content (AvgIpc) is 3.24. The van der Waals surface area contributed by atoms with E-state index < -0.39 is 38.0 Å². The predicted molar refractivity (Wildman–Crippen MR) is 143 cm³/mol. The predicted octanol–water partition coefficient (Wildman–Crippen LogP) is 5.30. The molecule has 0 saturated carbocycles. The molecule has 0 aliphatic carbocycles. The van der Waals surface area contributed by atoms with E-state index in [4.69, 9.17) is 11.6 Å². The Morgan fingerprint density at radius 3 is 2.13 bits per heavy atom. The zero-order chi connectivity index (χ0) is 28.3. The molecule has 0 spiro atoms. The first kappa shape index (κ1) is 26.8. The van der Waals surface area contributed by atoms with Crippen molar-refractivity contribution in [2.75, 3.05) is 5.32 Å². The van der Waals surface area contributed by atoms with Gasteiger partial charge < -0.3 is 5.32 Å². The summed E-state index contributed by atoms with van der Waals surface area (Å²) in [4.78, 5) is 56.2. The molecule has 3 aromatic carbocycles. The van der Waals surface area contributed by atoms with Gasteiger partial charge in [-0.1, -0.05) is 11.6 Å². The smallest absolute Gasteiger partial charge is 0.285 e. The summed E-state index contributed by atoms with van der Waals surface area (Å²) in [6.45, 7) is 0. The Morgan fingerprint density at radius 1 is 0.846 bits per heavy atom. The molecule has 39 heavy (non-hydrogen) atoms. The van der Waals surface area contributed by atoms with Crippen LogP contribution in [0.5, 0.6) is 0 Å². The van der Waals surface area contributed by atoms with E-state index in [1.807, 2.05) is 0 Å². The van der Waals surface area contributed by atoms with Crippen LogP contribution in [0, 0.1) is 30.3 Å². The fourth-order valence-electron chi connectivity index (χ4n) is 3.34. The van der Waals surface area contributed by atoms with Crippen molar-refractivity contribution in [3.63, 3.8) is 0 Å². The quantitative estimate of drug-likeness (QED) is 0.162. The van der Waals surface area contributed by atoms with E-state index in [-0.39, 0.29) is 26.7 Å². The standard InChI is InChI=1S/C23H13ClN6O8S/c24-20-17-8-7-16(29(35)36)10-19(17)39-21(20)23(32)26-14-4-1-12(2-5-14)22(31)27-25-11-13-3-6-15(28(33)34)9-18(13)30(37)38/h1-11H,(H,26,32)(H,27,31)/b25-11-. The summed E-state index contributed by atoms with van der Waals surface area (Å²) < 4.78 is 0.478. The number of non-ortho nitro benzene ring substituents is 2. The van der Waals surface area contributed by atoms with Gasteiger partial charge in [-0.3, -0.25) is 39.9 Å². The molecule has 0 atom stereocenters. The number of carbonyl (C=O) groups is 2. The first-order chi connectivity index (χ1) is 18.5. The summed E-state index contributed by atoms with van der Waals surface area (Å²) in [5.74, 6) is -1.21. The fourth-order valence-corrected chi connectivity index (χ4v) is 4.79. The highest BCUT2D eigenvalue weighted by Gasteiger charge is 2.20. The van der Waals surface area contributed by atoms with E-state index in [0.29, 0.717) is 15.8 Å². The Kier molecular flexibility index (Phi) is 7.55. The SMILES string of the molecule is O=C(N/N=C\c1ccc([N+](=O)[O-])cc1[N+](=O)[O-])c1ccc(NC(=O)c2sc3cc([N+](=O)[O-])ccc3c2Cl)cc1. The minimum Gasteiger partial charge on any atom is -0.321 e. The van der Waals surface area contributed by atoms with Crippen molar-refractivity contribution in [3.8, 4) is 0 Å². The molecular weight excluding hydrogens is 556 g/mol. The van der Waals surface area contributed by atoms with Gasteiger partial charge in [-0.15, -0.1) is 11.3 Å². The lowest BCUT2D eigenvalue weighted by Gasteiger charge is -2.05. The number of carbonyl (C=O) groups excluding carboxylic acids is 2. The second-order valence-electron chi connectivity index (χ2n) is 7.67. The number of hydrazone groups is 1. The summed E-state index contributed by atoms with van der Waals surface area (Å²) in [6, 6.07) is 12.8. The molecule has 2 N–H and O–H groups in total. The molecule has 0 saturated heterocycles. The molecule has 0 aliphatic rings. The Labute approximate surface area is 226 Å². The number of nitro groups is 3.